The lowest BCUT2D eigenvalue weighted by Gasteiger charge is -2.10. The first kappa shape index (κ1) is 18.7. The molecular formula is C19H16N6O3S. The second kappa shape index (κ2) is 7.40. The van der Waals surface area contributed by atoms with E-state index in [4.69, 9.17) is 0 Å². The number of amides is 1. The molecule has 0 aliphatic rings. The molecule has 3 heterocycles. The molecule has 1 amide bonds. The number of hydrogen-bond donors (Lipinski definition) is 1. The smallest absolute Gasteiger partial charge is 0.300 e. The van der Waals surface area contributed by atoms with Gasteiger partial charge in [0, 0.05) is 30.4 Å². The van der Waals surface area contributed by atoms with E-state index in [0.717, 1.165) is 15.7 Å². The van der Waals surface area contributed by atoms with Crippen molar-refractivity contribution in [2.75, 3.05) is 5.32 Å². The minimum absolute atomic E-state index is 0.157. The van der Waals surface area contributed by atoms with Gasteiger partial charge in [-0.2, -0.15) is 0 Å². The second-order valence-electron chi connectivity index (χ2n) is 6.42. The van der Waals surface area contributed by atoms with Crippen LogP contribution in [-0.2, 0) is 18.4 Å². The molecule has 0 saturated heterocycles. The van der Waals surface area contributed by atoms with Gasteiger partial charge in [0.2, 0.25) is 5.91 Å². The van der Waals surface area contributed by atoms with E-state index in [1.54, 1.807) is 11.6 Å². The van der Waals surface area contributed by atoms with Crippen LogP contribution < -0.4 is 16.6 Å². The van der Waals surface area contributed by atoms with E-state index in [9.17, 15) is 14.4 Å². The molecule has 146 valence electrons. The number of thiazole rings is 1. The largest absolute Gasteiger partial charge is 0.332 e. The van der Waals surface area contributed by atoms with E-state index in [-0.39, 0.29) is 11.0 Å². The number of hydrogen-bond acceptors (Lipinski definition) is 7. The Kier molecular flexibility index (Phi) is 4.77. The van der Waals surface area contributed by atoms with Gasteiger partial charge >= 0.3 is 5.69 Å². The standard InChI is InChI=1S/C19H16N6O3S/c1-11-3-5-12(6-4-11)15-21-9-13-16(23-15)24(2)19(28)25(17(13)27)10-14(26)22-18-20-7-8-29-18/h3-9H,10H2,1-2H3,(H,20,22,26). The maximum absolute atomic E-state index is 12.8. The summed E-state index contributed by atoms with van der Waals surface area (Å²) in [4.78, 5) is 50.4. The van der Waals surface area contributed by atoms with E-state index >= 15 is 0 Å². The molecule has 0 unspecified atom stereocenters. The molecule has 1 N–H and O–H groups in total. The van der Waals surface area contributed by atoms with Crippen molar-refractivity contribution in [3.05, 3.63) is 68.4 Å². The monoisotopic (exact) mass is 408 g/mol. The predicted molar refractivity (Wildman–Crippen MR) is 110 cm³/mol. The van der Waals surface area contributed by atoms with Gasteiger partial charge in [0.1, 0.15) is 11.9 Å². The number of carbonyl (C=O) groups is 1. The van der Waals surface area contributed by atoms with Crippen LogP contribution in [0.1, 0.15) is 5.56 Å². The molecule has 0 saturated carbocycles. The van der Waals surface area contributed by atoms with Crippen LogP contribution in [0.2, 0.25) is 0 Å². The van der Waals surface area contributed by atoms with Crippen LogP contribution in [0.15, 0.2) is 51.6 Å². The summed E-state index contributed by atoms with van der Waals surface area (Å²) in [6, 6.07) is 7.61. The highest BCUT2D eigenvalue weighted by Crippen LogP contribution is 2.17. The molecular weight excluding hydrogens is 392 g/mol. The minimum Gasteiger partial charge on any atom is -0.300 e. The Hall–Kier alpha value is -3.66. The Balaban J connectivity index is 1.75. The average Bonchev–Trinajstić information content (AvgIpc) is 3.22. The number of carbonyl (C=O) groups excluding carboxylic acids is 1. The van der Waals surface area contributed by atoms with Crippen LogP contribution in [-0.4, -0.2) is 30.0 Å². The number of nitrogens with zero attached hydrogens (tertiary/aromatic N) is 5. The van der Waals surface area contributed by atoms with Gasteiger partial charge < -0.3 is 5.32 Å². The average molecular weight is 408 g/mol. The zero-order chi connectivity index (χ0) is 20.5. The van der Waals surface area contributed by atoms with Gasteiger partial charge in [0.15, 0.2) is 16.6 Å². The number of aromatic nitrogens is 5. The number of rotatable bonds is 4. The minimum atomic E-state index is -0.634. The van der Waals surface area contributed by atoms with Crippen molar-refractivity contribution in [3.63, 3.8) is 0 Å². The Morgan fingerprint density at radius 1 is 1.17 bits per heavy atom. The lowest BCUT2D eigenvalue weighted by molar-refractivity contribution is -0.116. The van der Waals surface area contributed by atoms with E-state index in [2.05, 4.69) is 20.3 Å². The maximum atomic E-state index is 12.8. The number of benzene rings is 1. The molecule has 0 spiro atoms. The molecule has 1 aromatic carbocycles. The van der Waals surface area contributed by atoms with Gasteiger partial charge in [-0.1, -0.05) is 29.8 Å². The summed E-state index contributed by atoms with van der Waals surface area (Å²) in [6.45, 7) is 1.54. The summed E-state index contributed by atoms with van der Waals surface area (Å²) in [6.07, 6.45) is 2.93. The van der Waals surface area contributed by atoms with E-state index in [1.165, 1.54) is 29.1 Å². The summed E-state index contributed by atoms with van der Waals surface area (Å²) in [5.41, 5.74) is 0.832. The molecule has 4 rings (SSSR count). The van der Waals surface area contributed by atoms with Crippen molar-refractivity contribution in [1.82, 2.24) is 24.1 Å². The normalized spacial score (nSPS) is 11.0. The fourth-order valence-corrected chi connectivity index (χ4v) is 3.40. The zero-order valence-corrected chi connectivity index (χ0v) is 16.4. The number of nitrogens with one attached hydrogen (secondary N) is 1. The molecule has 0 aliphatic heterocycles. The first-order valence-corrected chi connectivity index (χ1v) is 9.55. The van der Waals surface area contributed by atoms with Crippen molar-refractivity contribution in [3.8, 4) is 11.4 Å². The highest BCUT2D eigenvalue weighted by atomic mass is 32.1. The van der Waals surface area contributed by atoms with Gasteiger partial charge in [0.05, 0.1) is 0 Å². The zero-order valence-electron chi connectivity index (χ0n) is 15.6. The third-order valence-corrected chi connectivity index (χ3v) is 5.06. The van der Waals surface area contributed by atoms with Crippen molar-refractivity contribution in [2.45, 2.75) is 13.5 Å². The van der Waals surface area contributed by atoms with E-state index in [0.29, 0.717) is 11.0 Å². The Bertz CT molecular complexity index is 1320. The molecule has 0 radical (unpaired) electrons. The molecule has 0 aliphatic carbocycles. The van der Waals surface area contributed by atoms with Gasteiger partial charge in [-0.25, -0.2) is 19.7 Å². The molecule has 9 nitrogen and oxygen atoms in total. The van der Waals surface area contributed by atoms with E-state index < -0.39 is 23.7 Å². The predicted octanol–water partition coefficient (Wildman–Crippen LogP) is 1.56. The molecule has 0 bridgehead atoms. The van der Waals surface area contributed by atoms with Crippen molar-refractivity contribution in [1.29, 1.82) is 0 Å². The molecule has 0 atom stereocenters. The quantitative estimate of drug-likeness (QED) is 0.548. The molecule has 3 aromatic heterocycles. The highest BCUT2D eigenvalue weighted by Gasteiger charge is 2.16. The number of fused-ring (bicyclic) bond motifs is 1. The summed E-state index contributed by atoms with van der Waals surface area (Å²) >= 11 is 1.24. The third-order valence-electron chi connectivity index (χ3n) is 4.37. The Morgan fingerprint density at radius 3 is 2.62 bits per heavy atom. The van der Waals surface area contributed by atoms with Crippen molar-refractivity contribution < 1.29 is 4.79 Å². The van der Waals surface area contributed by atoms with Crippen molar-refractivity contribution in [2.24, 2.45) is 7.05 Å². The first-order chi connectivity index (χ1) is 13.9. The molecule has 0 fully saturated rings. The van der Waals surface area contributed by atoms with Gasteiger partial charge in [-0.15, -0.1) is 11.3 Å². The summed E-state index contributed by atoms with van der Waals surface area (Å²) in [7, 11) is 1.51. The van der Waals surface area contributed by atoms with Gasteiger partial charge in [-0.05, 0) is 6.92 Å². The highest BCUT2D eigenvalue weighted by molar-refractivity contribution is 7.13. The summed E-state index contributed by atoms with van der Waals surface area (Å²) < 4.78 is 2.10. The third kappa shape index (κ3) is 3.57. The van der Waals surface area contributed by atoms with Crippen molar-refractivity contribution >= 4 is 33.4 Å². The molecule has 10 heteroatoms. The van der Waals surface area contributed by atoms with Crippen LogP contribution in [0.5, 0.6) is 0 Å². The number of aryl methyl sites for hydroxylation is 2. The fourth-order valence-electron chi connectivity index (χ4n) is 2.85. The second-order valence-corrected chi connectivity index (χ2v) is 7.31. The van der Waals surface area contributed by atoms with E-state index in [1.807, 2.05) is 31.2 Å². The van der Waals surface area contributed by atoms with Gasteiger partial charge in [-0.3, -0.25) is 18.7 Å². The van der Waals surface area contributed by atoms with Crippen LogP contribution in [0, 0.1) is 6.92 Å². The lowest BCUT2D eigenvalue weighted by Crippen LogP contribution is -2.42. The van der Waals surface area contributed by atoms with Crippen LogP contribution in [0.3, 0.4) is 0 Å². The van der Waals surface area contributed by atoms with Crippen LogP contribution >= 0.6 is 11.3 Å². The number of anilines is 1. The molecule has 29 heavy (non-hydrogen) atoms. The van der Waals surface area contributed by atoms with Crippen LogP contribution in [0.25, 0.3) is 22.4 Å². The summed E-state index contributed by atoms with van der Waals surface area (Å²) in [5.74, 6) is -0.109. The lowest BCUT2D eigenvalue weighted by atomic mass is 10.1. The first-order valence-electron chi connectivity index (χ1n) is 8.67. The topological polar surface area (TPSA) is 112 Å². The maximum Gasteiger partial charge on any atom is 0.332 e. The fraction of sp³-hybridized carbons (Fsp3) is 0.158. The molecule has 4 aromatic rings. The van der Waals surface area contributed by atoms with Gasteiger partial charge in [0.25, 0.3) is 5.56 Å². The Morgan fingerprint density at radius 2 is 1.93 bits per heavy atom. The SMILES string of the molecule is Cc1ccc(-c2ncc3c(=O)n(CC(=O)Nc4nccs4)c(=O)n(C)c3n2)cc1. The Labute approximate surface area is 168 Å². The van der Waals surface area contributed by atoms with Crippen LogP contribution in [0.4, 0.5) is 5.13 Å². The summed E-state index contributed by atoms with van der Waals surface area (Å²) in [5, 5.41) is 4.82.